The van der Waals surface area contributed by atoms with Crippen LogP contribution in [0.5, 0.6) is 5.75 Å². The van der Waals surface area contributed by atoms with Crippen LogP contribution in [0.4, 0.5) is 13.2 Å². The predicted molar refractivity (Wildman–Crippen MR) is 137 cm³/mol. The van der Waals surface area contributed by atoms with Crippen LogP contribution in [0.25, 0.3) is 10.9 Å². The second-order valence-corrected chi connectivity index (χ2v) is 10.5. The second kappa shape index (κ2) is 9.63. The molecule has 2 aliphatic rings. The van der Waals surface area contributed by atoms with Gasteiger partial charge in [-0.25, -0.2) is 0 Å². The lowest BCUT2D eigenvalue weighted by Gasteiger charge is -2.37. The fourth-order valence-electron chi connectivity index (χ4n) is 5.00. The summed E-state index contributed by atoms with van der Waals surface area (Å²) in [6.07, 6.45) is -2.73. The molecule has 1 saturated heterocycles. The lowest BCUT2D eigenvalue weighted by Crippen LogP contribution is -2.48. The Bertz CT molecular complexity index is 1330. The minimum absolute atomic E-state index is 0.124. The Balaban J connectivity index is 1.41. The third kappa shape index (κ3) is 5.59. The van der Waals surface area contributed by atoms with Crippen molar-refractivity contribution in [2.24, 2.45) is 0 Å². The zero-order valence-electron chi connectivity index (χ0n) is 21.4. The highest BCUT2D eigenvalue weighted by atomic mass is 19.4. The van der Waals surface area contributed by atoms with E-state index in [0.29, 0.717) is 47.9 Å². The molecule has 0 radical (unpaired) electrons. The summed E-state index contributed by atoms with van der Waals surface area (Å²) >= 11 is 0. The summed E-state index contributed by atoms with van der Waals surface area (Å²) < 4.78 is 44.8. The smallest absolute Gasteiger partial charge is 0.389 e. The van der Waals surface area contributed by atoms with Crippen molar-refractivity contribution in [3.63, 3.8) is 0 Å². The minimum atomic E-state index is -4.24. The maximum absolute atomic E-state index is 13.5. The molecule has 1 N–H and O–H groups in total. The third-order valence-electron chi connectivity index (χ3n) is 7.66. The summed E-state index contributed by atoms with van der Waals surface area (Å²) in [5, 5.41) is 4.07. The summed E-state index contributed by atoms with van der Waals surface area (Å²) in [7, 11) is 2.07. The fourth-order valence-corrected chi connectivity index (χ4v) is 5.00. The number of fused-ring (bicyclic) bond motifs is 1. The Morgan fingerprint density at radius 1 is 1.16 bits per heavy atom. The van der Waals surface area contributed by atoms with E-state index in [1.165, 1.54) is 0 Å². The van der Waals surface area contributed by atoms with Gasteiger partial charge in [-0.3, -0.25) is 14.7 Å². The zero-order valence-corrected chi connectivity index (χ0v) is 21.4. The van der Waals surface area contributed by atoms with Gasteiger partial charge < -0.3 is 10.1 Å². The van der Waals surface area contributed by atoms with Crippen LogP contribution in [0.2, 0.25) is 0 Å². The number of likely N-dealkylation sites (N-methyl/N-ethyl adjacent to an activating group) is 1. The van der Waals surface area contributed by atoms with Gasteiger partial charge in [-0.15, -0.1) is 0 Å². The van der Waals surface area contributed by atoms with Gasteiger partial charge in [0.15, 0.2) is 0 Å². The predicted octanol–water partition coefficient (Wildman–Crippen LogP) is 5.85. The second-order valence-electron chi connectivity index (χ2n) is 10.5. The SMILES string of the molecule is Cc1ccc2c(C3(NC(=O)c4cc(OCC5CCN5C)ccc4C)CC3)cc(CCC(F)(F)F)cc2n1. The van der Waals surface area contributed by atoms with Crippen molar-refractivity contribution < 1.29 is 22.7 Å². The number of hydrogen-bond acceptors (Lipinski definition) is 4. The Kier molecular flexibility index (Phi) is 6.64. The molecule has 1 aliphatic carbocycles. The quantitative estimate of drug-likeness (QED) is 0.412. The van der Waals surface area contributed by atoms with Crippen LogP contribution in [-0.2, 0) is 12.0 Å². The summed E-state index contributed by atoms with van der Waals surface area (Å²) in [5.74, 6) is 0.440. The van der Waals surface area contributed by atoms with Crippen LogP contribution in [-0.4, -0.2) is 48.2 Å². The fraction of sp³-hybridized carbons (Fsp3) is 0.448. The van der Waals surface area contributed by atoms with Crippen molar-refractivity contribution in [1.82, 2.24) is 15.2 Å². The molecular weight excluding hydrogens is 479 g/mol. The number of nitrogens with one attached hydrogen (secondary N) is 1. The van der Waals surface area contributed by atoms with Gasteiger partial charge in [-0.2, -0.15) is 13.2 Å². The number of nitrogens with zero attached hydrogens (tertiary/aromatic N) is 2. The topological polar surface area (TPSA) is 54.5 Å². The maximum atomic E-state index is 13.5. The van der Waals surface area contributed by atoms with E-state index in [9.17, 15) is 18.0 Å². The Morgan fingerprint density at radius 3 is 2.59 bits per heavy atom. The van der Waals surface area contributed by atoms with E-state index in [1.54, 1.807) is 12.1 Å². The molecule has 5 rings (SSSR count). The number of benzene rings is 2. The number of halogens is 3. The molecule has 1 aliphatic heterocycles. The Hall–Kier alpha value is -3.13. The number of aryl methyl sites for hydroxylation is 3. The number of rotatable bonds is 8. The van der Waals surface area contributed by atoms with Crippen LogP contribution >= 0.6 is 0 Å². The van der Waals surface area contributed by atoms with E-state index >= 15 is 0 Å². The molecule has 1 saturated carbocycles. The number of carbonyl (C=O) groups excluding carboxylic acids is 1. The zero-order chi connectivity index (χ0) is 26.4. The van der Waals surface area contributed by atoms with Crippen LogP contribution in [0.15, 0.2) is 42.5 Å². The molecule has 3 aromatic rings. The molecule has 2 heterocycles. The standard InChI is InChI=1S/C29H32F3N3O2/c1-18-4-6-22(37-17-21-9-13-35(21)3)16-24(18)27(36)34-28(11-12-28)25-14-20(8-10-29(30,31)32)15-26-23(25)7-5-19(2)33-26/h4-7,14-16,21H,8-13,17H2,1-3H3,(H,34,36). The number of pyridine rings is 1. The highest BCUT2D eigenvalue weighted by Crippen LogP contribution is 2.48. The van der Waals surface area contributed by atoms with Gasteiger partial charge in [0.1, 0.15) is 12.4 Å². The number of carbonyl (C=O) groups is 1. The molecule has 5 nitrogen and oxygen atoms in total. The monoisotopic (exact) mass is 511 g/mol. The van der Waals surface area contributed by atoms with Gasteiger partial charge in [0.25, 0.3) is 5.91 Å². The van der Waals surface area contributed by atoms with Crippen molar-refractivity contribution in [1.29, 1.82) is 0 Å². The summed E-state index contributed by atoms with van der Waals surface area (Å²) in [5.41, 5.74) is 3.61. The number of alkyl halides is 3. The molecule has 1 atom stereocenters. The third-order valence-corrected chi connectivity index (χ3v) is 7.66. The lowest BCUT2D eigenvalue weighted by molar-refractivity contribution is -0.134. The number of aromatic nitrogens is 1. The van der Waals surface area contributed by atoms with Crippen LogP contribution in [0.1, 0.15) is 58.4 Å². The number of likely N-dealkylation sites (tertiary alicyclic amines) is 1. The molecule has 2 fully saturated rings. The van der Waals surface area contributed by atoms with Gasteiger partial charge in [-0.05, 0) is 94.1 Å². The van der Waals surface area contributed by atoms with E-state index in [4.69, 9.17) is 4.74 Å². The minimum Gasteiger partial charge on any atom is -0.492 e. The van der Waals surface area contributed by atoms with Gasteiger partial charge in [0.05, 0.1) is 11.1 Å². The van der Waals surface area contributed by atoms with Gasteiger partial charge in [-0.1, -0.05) is 18.2 Å². The van der Waals surface area contributed by atoms with Crippen LogP contribution in [0, 0.1) is 13.8 Å². The van der Waals surface area contributed by atoms with Crippen molar-refractivity contribution in [3.05, 3.63) is 70.4 Å². The molecule has 2 aromatic carbocycles. The number of amides is 1. The van der Waals surface area contributed by atoms with E-state index in [2.05, 4.69) is 22.2 Å². The van der Waals surface area contributed by atoms with E-state index in [-0.39, 0.29) is 12.3 Å². The first-order valence-electron chi connectivity index (χ1n) is 12.8. The highest BCUT2D eigenvalue weighted by Gasteiger charge is 2.47. The first-order chi connectivity index (χ1) is 17.5. The number of ether oxygens (including phenoxy) is 1. The summed E-state index contributed by atoms with van der Waals surface area (Å²) in [4.78, 5) is 20.3. The van der Waals surface area contributed by atoms with E-state index in [1.807, 2.05) is 44.2 Å². The van der Waals surface area contributed by atoms with Gasteiger partial charge in [0.2, 0.25) is 0 Å². The first kappa shape index (κ1) is 25.5. The Morgan fingerprint density at radius 2 is 1.95 bits per heavy atom. The molecule has 1 amide bonds. The molecule has 0 bridgehead atoms. The van der Waals surface area contributed by atoms with Crippen molar-refractivity contribution in [3.8, 4) is 5.75 Å². The highest BCUT2D eigenvalue weighted by molar-refractivity contribution is 5.97. The van der Waals surface area contributed by atoms with Crippen LogP contribution < -0.4 is 10.1 Å². The number of hydrogen-bond donors (Lipinski definition) is 1. The molecule has 1 unspecified atom stereocenters. The molecular formula is C29H32F3N3O2. The molecule has 37 heavy (non-hydrogen) atoms. The lowest BCUT2D eigenvalue weighted by atomic mass is 9.94. The summed E-state index contributed by atoms with van der Waals surface area (Å²) in [6, 6.07) is 13.3. The summed E-state index contributed by atoms with van der Waals surface area (Å²) in [6.45, 7) is 5.39. The normalized spacial score (nSPS) is 18.9. The van der Waals surface area contributed by atoms with Crippen molar-refractivity contribution in [2.45, 2.75) is 63.7 Å². The van der Waals surface area contributed by atoms with Crippen LogP contribution in [0.3, 0.4) is 0 Å². The van der Waals surface area contributed by atoms with Gasteiger partial charge in [0, 0.05) is 29.1 Å². The van der Waals surface area contributed by atoms with Gasteiger partial charge >= 0.3 is 6.18 Å². The maximum Gasteiger partial charge on any atom is 0.389 e. The van der Waals surface area contributed by atoms with Crippen molar-refractivity contribution >= 4 is 16.8 Å². The average molecular weight is 512 g/mol. The van der Waals surface area contributed by atoms with Crippen molar-refractivity contribution in [2.75, 3.05) is 20.2 Å². The largest absolute Gasteiger partial charge is 0.492 e. The molecule has 8 heteroatoms. The molecule has 196 valence electrons. The molecule has 0 spiro atoms. The molecule has 1 aromatic heterocycles. The first-order valence-corrected chi connectivity index (χ1v) is 12.8. The Labute approximate surface area is 215 Å². The van der Waals surface area contributed by atoms with E-state index < -0.39 is 18.1 Å². The van der Waals surface area contributed by atoms with E-state index in [0.717, 1.165) is 35.2 Å². The average Bonchev–Trinajstić information content (AvgIpc) is 3.61.